The van der Waals surface area contributed by atoms with Crippen LogP contribution in [0.3, 0.4) is 0 Å². The van der Waals surface area contributed by atoms with Crippen LogP contribution in [-0.2, 0) is 0 Å². The number of nitrogens with one attached hydrogen (secondary N) is 1. The fraction of sp³-hybridized carbons (Fsp3) is 0.462. The van der Waals surface area contributed by atoms with Gasteiger partial charge in [-0.05, 0) is 47.3 Å². The van der Waals surface area contributed by atoms with Gasteiger partial charge >= 0.3 is 0 Å². The average Bonchev–Trinajstić information content (AvgIpc) is 2.16. The molecular formula is C13H17BrN2. The highest BCUT2D eigenvalue weighted by molar-refractivity contribution is 9.10. The van der Waals surface area contributed by atoms with Gasteiger partial charge in [-0.25, -0.2) is 0 Å². The van der Waals surface area contributed by atoms with Crippen LogP contribution in [0.25, 0.3) is 0 Å². The van der Waals surface area contributed by atoms with Crippen molar-refractivity contribution in [1.82, 2.24) is 0 Å². The van der Waals surface area contributed by atoms with E-state index in [1.54, 1.807) is 0 Å². The van der Waals surface area contributed by atoms with Gasteiger partial charge in [0.1, 0.15) is 6.07 Å². The maximum Gasteiger partial charge on any atom is 0.103 e. The molecule has 1 aromatic rings. The molecule has 0 saturated heterocycles. The summed E-state index contributed by atoms with van der Waals surface area (Å²) in [6.07, 6.45) is 1.09. The van der Waals surface area contributed by atoms with Crippen molar-refractivity contribution in [1.29, 1.82) is 5.26 Å². The van der Waals surface area contributed by atoms with E-state index in [1.165, 1.54) is 0 Å². The van der Waals surface area contributed by atoms with Crippen LogP contribution in [0.2, 0.25) is 0 Å². The molecule has 1 aromatic carbocycles. The highest BCUT2D eigenvalue weighted by Gasteiger charge is 2.09. The summed E-state index contributed by atoms with van der Waals surface area (Å²) in [6.45, 7) is 6.54. The number of nitrogens with zero attached hydrogens (tertiary/aromatic N) is 1. The Kier molecular flexibility index (Phi) is 4.82. The lowest BCUT2D eigenvalue weighted by atomic mass is 10.0. The Morgan fingerprint density at radius 1 is 1.38 bits per heavy atom. The van der Waals surface area contributed by atoms with E-state index >= 15 is 0 Å². The van der Waals surface area contributed by atoms with Gasteiger partial charge in [-0.1, -0.05) is 19.9 Å². The van der Waals surface area contributed by atoms with E-state index in [1.807, 2.05) is 18.2 Å². The third-order valence-electron chi connectivity index (χ3n) is 2.35. The zero-order valence-electron chi connectivity index (χ0n) is 9.92. The number of rotatable bonds is 4. The minimum atomic E-state index is 0.376. The van der Waals surface area contributed by atoms with Gasteiger partial charge in [0, 0.05) is 10.5 Å². The smallest absolute Gasteiger partial charge is 0.103 e. The zero-order valence-corrected chi connectivity index (χ0v) is 11.5. The van der Waals surface area contributed by atoms with Crippen LogP contribution in [0.15, 0.2) is 22.7 Å². The Morgan fingerprint density at radius 3 is 2.62 bits per heavy atom. The minimum absolute atomic E-state index is 0.376. The van der Waals surface area contributed by atoms with Crippen molar-refractivity contribution < 1.29 is 0 Å². The second-order valence-electron chi connectivity index (χ2n) is 4.45. The summed E-state index contributed by atoms with van der Waals surface area (Å²) >= 11 is 3.39. The lowest BCUT2D eigenvalue weighted by molar-refractivity contribution is 0.540. The predicted molar refractivity (Wildman–Crippen MR) is 71.4 cm³/mol. The molecule has 0 fully saturated rings. The summed E-state index contributed by atoms with van der Waals surface area (Å²) in [5, 5.41) is 12.5. The van der Waals surface area contributed by atoms with Crippen LogP contribution >= 0.6 is 15.9 Å². The first kappa shape index (κ1) is 13.1. The number of nitriles is 1. The lowest BCUT2D eigenvalue weighted by Crippen LogP contribution is -2.18. The molecule has 1 unspecified atom stereocenters. The molecule has 16 heavy (non-hydrogen) atoms. The molecule has 0 aliphatic heterocycles. The van der Waals surface area contributed by atoms with Crippen LogP contribution in [-0.4, -0.2) is 6.04 Å². The van der Waals surface area contributed by atoms with Crippen LogP contribution < -0.4 is 5.32 Å². The summed E-state index contributed by atoms with van der Waals surface area (Å²) < 4.78 is 0.844. The topological polar surface area (TPSA) is 35.8 Å². The number of hydrogen-bond acceptors (Lipinski definition) is 2. The molecule has 1 N–H and O–H groups in total. The Balaban J connectivity index is 2.82. The van der Waals surface area contributed by atoms with Crippen molar-refractivity contribution in [2.75, 3.05) is 5.32 Å². The number of hydrogen-bond donors (Lipinski definition) is 1. The predicted octanol–water partition coefficient (Wildman–Crippen LogP) is 4.17. The van der Waals surface area contributed by atoms with Crippen molar-refractivity contribution in [2.24, 2.45) is 5.92 Å². The van der Waals surface area contributed by atoms with Gasteiger partial charge in [0.25, 0.3) is 0 Å². The molecule has 86 valence electrons. The average molecular weight is 281 g/mol. The maximum absolute atomic E-state index is 9.07. The Labute approximate surface area is 106 Å². The maximum atomic E-state index is 9.07. The van der Waals surface area contributed by atoms with Crippen molar-refractivity contribution in [2.45, 2.75) is 33.2 Å². The van der Waals surface area contributed by atoms with Crippen LogP contribution in [0, 0.1) is 17.2 Å². The summed E-state index contributed by atoms with van der Waals surface area (Å²) in [5.74, 6) is 0.653. The van der Waals surface area contributed by atoms with Gasteiger partial charge in [0.05, 0.1) is 11.3 Å². The molecule has 0 bridgehead atoms. The van der Waals surface area contributed by atoms with Crippen LogP contribution in [0.4, 0.5) is 5.69 Å². The van der Waals surface area contributed by atoms with E-state index in [0.717, 1.165) is 16.6 Å². The third kappa shape index (κ3) is 3.53. The minimum Gasteiger partial charge on any atom is -0.381 e. The summed E-state index contributed by atoms with van der Waals surface area (Å²) in [7, 11) is 0. The number of anilines is 1. The SMILES string of the molecule is CC(C)CC(C)Nc1cccc(Br)c1C#N. The Morgan fingerprint density at radius 2 is 2.06 bits per heavy atom. The van der Waals surface area contributed by atoms with Gasteiger partial charge in [-0.15, -0.1) is 0 Å². The molecule has 0 saturated carbocycles. The highest BCUT2D eigenvalue weighted by atomic mass is 79.9. The number of benzene rings is 1. The molecule has 0 aliphatic rings. The van der Waals surface area contributed by atoms with E-state index in [2.05, 4.69) is 48.1 Å². The highest BCUT2D eigenvalue weighted by Crippen LogP contribution is 2.25. The Bertz CT molecular complexity index is 393. The quantitative estimate of drug-likeness (QED) is 0.899. The number of halogens is 1. The molecule has 2 nitrogen and oxygen atoms in total. The van der Waals surface area contributed by atoms with Crippen molar-refractivity contribution in [3.63, 3.8) is 0 Å². The second kappa shape index (κ2) is 5.91. The molecule has 0 aromatic heterocycles. The fourth-order valence-corrected chi connectivity index (χ4v) is 2.24. The lowest BCUT2D eigenvalue weighted by Gasteiger charge is -2.18. The van der Waals surface area contributed by atoms with Crippen LogP contribution in [0.5, 0.6) is 0 Å². The van der Waals surface area contributed by atoms with Gasteiger partial charge in [-0.2, -0.15) is 5.26 Å². The van der Waals surface area contributed by atoms with Gasteiger partial charge in [0.2, 0.25) is 0 Å². The molecule has 0 heterocycles. The molecule has 0 radical (unpaired) electrons. The molecular weight excluding hydrogens is 264 g/mol. The third-order valence-corrected chi connectivity index (χ3v) is 3.01. The first-order valence-electron chi connectivity index (χ1n) is 5.49. The summed E-state index contributed by atoms with van der Waals surface area (Å²) in [6, 6.07) is 8.36. The van der Waals surface area contributed by atoms with E-state index in [4.69, 9.17) is 5.26 Å². The van der Waals surface area contributed by atoms with Crippen molar-refractivity contribution in [3.05, 3.63) is 28.2 Å². The zero-order chi connectivity index (χ0) is 12.1. The largest absolute Gasteiger partial charge is 0.381 e. The van der Waals surface area contributed by atoms with E-state index < -0.39 is 0 Å². The molecule has 0 aliphatic carbocycles. The molecule has 1 rings (SSSR count). The van der Waals surface area contributed by atoms with Crippen molar-refractivity contribution >= 4 is 21.6 Å². The fourth-order valence-electron chi connectivity index (χ4n) is 1.79. The normalized spacial score (nSPS) is 12.2. The first-order valence-corrected chi connectivity index (χ1v) is 6.29. The standard InChI is InChI=1S/C13H17BrN2/c1-9(2)7-10(3)16-13-6-4-5-12(14)11(13)8-15/h4-6,9-10,16H,7H2,1-3H3. The molecule has 3 heteroatoms. The Hall–Kier alpha value is -1.01. The van der Waals surface area contributed by atoms with Gasteiger partial charge < -0.3 is 5.32 Å². The summed E-state index contributed by atoms with van der Waals surface area (Å²) in [5.41, 5.74) is 1.59. The van der Waals surface area contributed by atoms with Crippen LogP contribution in [0.1, 0.15) is 32.8 Å². The first-order chi connectivity index (χ1) is 7.54. The summed E-state index contributed by atoms with van der Waals surface area (Å²) in [4.78, 5) is 0. The molecule has 0 spiro atoms. The van der Waals surface area contributed by atoms with E-state index in [9.17, 15) is 0 Å². The van der Waals surface area contributed by atoms with E-state index in [0.29, 0.717) is 17.5 Å². The monoisotopic (exact) mass is 280 g/mol. The van der Waals surface area contributed by atoms with Gasteiger partial charge in [-0.3, -0.25) is 0 Å². The van der Waals surface area contributed by atoms with Crippen molar-refractivity contribution in [3.8, 4) is 6.07 Å². The van der Waals surface area contributed by atoms with E-state index in [-0.39, 0.29) is 0 Å². The molecule has 1 atom stereocenters. The second-order valence-corrected chi connectivity index (χ2v) is 5.30. The molecule has 0 amide bonds. The van der Waals surface area contributed by atoms with Gasteiger partial charge in [0.15, 0.2) is 0 Å².